The van der Waals surface area contributed by atoms with Crippen LogP contribution >= 0.6 is 11.6 Å². The molecule has 0 saturated heterocycles. The molecule has 0 atom stereocenters. The van der Waals surface area contributed by atoms with Crippen LogP contribution < -0.4 is 4.90 Å². The van der Waals surface area contributed by atoms with Gasteiger partial charge in [-0.05, 0) is 6.42 Å². The van der Waals surface area contributed by atoms with E-state index in [-0.39, 0.29) is 0 Å². The zero-order valence-electron chi connectivity index (χ0n) is 12.0. The third-order valence-electron chi connectivity index (χ3n) is 3.20. The van der Waals surface area contributed by atoms with Gasteiger partial charge in [0.25, 0.3) is 0 Å². The molecular formula is C16H20ClN3. The predicted molar refractivity (Wildman–Crippen MR) is 85.3 cm³/mol. The molecule has 0 N–H and O–H groups in total. The lowest BCUT2D eigenvalue weighted by Gasteiger charge is -2.18. The van der Waals surface area contributed by atoms with Gasteiger partial charge in [0.1, 0.15) is 11.0 Å². The fourth-order valence-electron chi connectivity index (χ4n) is 2.03. The van der Waals surface area contributed by atoms with E-state index in [1.807, 2.05) is 43.4 Å². The van der Waals surface area contributed by atoms with Crippen molar-refractivity contribution in [1.82, 2.24) is 9.97 Å². The summed E-state index contributed by atoms with van der Waals surface area (Å²) in [7, 11) is 2.04. The van der Waals surface area contributed by atoms with Gasteiger partial charge in [0.15, 0.2) is 5.82 Å². The molecule has 1 heterocycles. The average molecular weight is 290 g/mol. The molecule has 0 fully saturated rings. The largest absolute Gasteiger partial charge is 0.360 e. The van der Waals surface area contributed by atoms with Gasteiger partial charge in [0.2, 0.25) is 0 Å². The SMILES string of the molecule is CCCCCN(C)c1cc(Cl)nc(-c2ccccc2)n1. The van der Waals surface area contributed by atoms with Crippen molar-refractivity contribution in [2.45, 2.75) is 26.2 Å². The topological polar surface area (TPSA) is 29.0 Å². The van der Waals surface area contributed by atoms with Crippen LogP contribution in [0.4, 0.5) is 5.82 Å². The minimum absolute atomic E-state index is 0.483. The van der Waals surface area contributed by atoms with E-state index >= 15 is 0 Å². The Labute approximate surface area is 125 Å². The fraction of sp³-hybridized carbons (Fsp3) is 0.375. The van der Waals surface area contributed by atoms with Crippen molar-refractivity contribution in [3.05, 3.63) is 41.6 Å². The van der Waals surface area contributed by atoms with E-state index in [0.717, 1.165) is 24.3 Å². The molecule has 0 radical (unpaired) electrons. The summed E-state index contributed by atoms with van der Waals surface area (Å²) in [5.41, 5.74) is 0.984. The lowest BCUT2D eigenvalue weighted by molar-refractivity contribution is 0.701. The summed E-state index contributed by atoms with van der Waals surface area (Å²) in [5, 5.41) is 0.483. The third kappa shape index (κ3) is 3.94. The van der Waals surface area contributed by atoms with E-state index in [9.17, 15) is 0 Å². The summed E-state index contributed by atoms with van der Waals surface area (Å²) in [6.45, 7) is 3.18. The van der Waals surface area contributed by atoms with Crippen LogP contribution in [0.15, 0.2) is 36.4 Å². The summed E-state index contributed by atoms with van der Waals surface area (Å²) in [6.07, 6.45) is 3.61. The minimum Gasteiger partial charge on any atom is -0.360 e. The second-order valence-electron chi connectivity index (χ2n) is 4.87. The Morgan fingerprint density at radius 2 is 1.85 bits per heavy atom. The number of halogens is 1. The molecule has 0 bridgehead atoms. The van der Waals surface area contributed by atoms with Gasteiger partial charge in [-0.2, -0.15) is 0 Å². The fourth-order valence-corrected chi connectivity index (χ4v) is 2.21. The van der Waals surface area contributed by atoms with Crippen LogP contribution in [-0.4, -0.2) is 23.6 Å². The highest BCUT2D eigenvalue weighted by Crippen LogP contribution is 2.22. The Hall–Kier alpha value is -1.61. The smallest absolute Gasteiger partial charge is 0.163 e. The molecule has 2 rings (SSSR count). The molecule has 0 amide bonds. The molecule has 4 heteroatoms. The van der Waals surface area contributed by atoms with Gasteiger partial charge < -0.3 is 4.90 Å². The highest BCUT2D eigenvalue weighted by Gasteiger charge is 2.08. The van der Waals surface area contributed by atoms with E-state index in [0.29, 0.717) is 11.0 Å². The quantitative estimate of drug-likeness (QED) is 0.582. The maximum atomic E-state index is 6.13. The Morgan fingerprint density at radius 3 is 2.55 bits per heavy atom. The lowest BCUT2D eigenvalue weighted by atomic mass is 10.2. The van der Waals surface area contributed by atoms with Crippen molar-refractivity contribution < 1.29 is 0 Å². The standard InChI is InChI=1S/C16H20ClN3/c1-3-4-8-11-20(2)15-12-14(17)18-16(19-15)13-9-6-5-7-10-13/h5-7,9-10,12H,3-4,8,11H2,1-2H3. The van der Waals surface area contributed by atoms with Gasteiger partial charge >= 0.3 is 0 Å². The Balaban J connectivity index is 2.20. The summed E-state index contributed by atoms with van der Waals surface area (Å²) >= 11 is 6.13. The van der Waals surface area contributed by atoms with Gasteiger partial charge in [-0.3, -0.25) is 0 Å². The van der Waals surface area contributed by atoms with Crippen molar-refractivity contribution in [3.8, 4) is 11.4 Å². The van der Waals surface area contributed by atoms with Crippen LogP contribution in [0, 0.1) is 0 Å². The monoisotopic (exact) mass is 289 g/mol. The first kappa shape index (κ1) is 14.8. The summed E-state index contributed by atoms with van der Waals surface area (Å²) in [6, 6.07) is 11.7. The van der Waals surface area contributed by atoms with E-state index in [1.54, 1.807) is 0 Å². The first-order valence-corrected chi connectivity index (χ1v) is 7.39. The number of anilines is 1. The second-order valence-corrected chi connectivity index (χ2v) is 5.25. The molecule has 0 aliphatic rings. The molecule has 1 aromatic carbocycles. The number of rotatable bonds is 6. The van der Waals surface area contributed by atoms with E-state index < -0.39 is 0 Å². The van der Waals surface area contributed by atoms with Gasteiger partial charge in [-0.25, -0.2) is 9.97 Å². The molecule has 0 unspecified atom stereocenters. The Bertz CT molecular complexity index is 543. The van der Waals surface area contributed by atoms with Crippen LogP contribution in [0.25, 0.3) is 11.4 Å². The zero-order valence-corrected chi connectivity index (χ0v) is 12.8. The molecule has 0 aliphatic carbocycles. The number of nitrogens with zero attached hydrogens (tertiary/aromatic N) is 3. The average Bonchev–Trinajstić information content (AvgIpc) is 2.47. The minimum atomic E-state index is 0.483. The molecule has 2 aromatic rings. The van der Waals surface area contributed by atoms with Gasteiger partial charge in [0, 0.05) is 25.2 Å². The first-order chi connectivity index (χ1) is 9.70. The number of benzene rings is 1. The molecule has 106 valence electrons. The molecule has 3 nitrogen and oxygen atoms in total. The molecule has 0 spiro atoms. The van der Waals surface area contributed by atoms with Crippen LogP contribution in [0.1, 0.15) is 26.2 Å². The maximum absolute atomic E-state index is 6.13. The van der Waals surface area contributed by atoms with Crippen LogP contribution in [-0.2, 0) is 0 Å². The first-order valence-electron chi connectivity index (χ1n) is 7.02. The van der Waals surface area contributed by atoms with E-state index in [2.05, 4.69) is 21.8 Å². The van der Waals surface area contributed by atoms with Gasteiger partial charge in [-0.15, -0.1) is 0 Å². The summed E-state index contributed by atoms with van der Waals surface area (Å²) in [4.78, 5) is 11.1. The van der Waals surface area contributed by atoms with Crippen LogP contribution in [0.2, 0.25) is 5.15 Å². The zero-order chi connectivity index (χ0) is 14.4. The van der Waals surface area contributed by atoms with Crippen LogP contribution in [0.3, 0.4) is 0 Å². The van der Waals surface area contributed by atoms with Crippen molar-refractivity contribution in [1.29, 1.82) is 0 Å². The maximum Gasteiger partial charge on any atom is 0.163 e. The lowest BCUT2D eigenvalue weighted by Crippen LogP contribution is -2.20. The Morgan fingerprint density at radius 1 is 1.10 bits per heavy atom. The highest BCUT2D eigenvalue weighted by molar-refractivity contribution is 6.29. The van der Waals surface area contributed by atoms with Crippen molar-refractivity contribution in [2.24, 2.45) is 0 Å². The molecular weight excluding hydrogens is 270 g/mol. The predicted octanol–water partition coefficient (Wildman–Crippen LogP) is 4.42. The van der Waals surface area contributed by atoms with E-state index in [1.165, 1.54) is 12.8 Å². The Kier molecular flexibility index (Phi) is 5.36. The van der Waals surface area contributed by atoms with Crippen LogP contribution in [0.5, 0.6) is 0 Å². The highest BCUT2D eigenvalue weighted by atomic mass is 35.5. The van der Waals surface area contributed by atoms with E-state index in [4.69, 9.17) is 11.6 Å². The van der Waals surface area contributed by atoms with Crippen molar-refractivity contribution in [3.63, 3.8) is 0 Å². The van der Waals surface area contributed by atoms with Gasteiger partial charge in [-0.1, -0.05) is 61.7 Å². The number of hydrogen-bond donors (Lipinski definition) is 0. The molecule has 0 aliphatic heterocycles. The second kappa shape index (κ2) is 7.25. The third-order valence-corrected chi connectivity index (χ3v) is 3.40. The van der Waals surface area contributed by atoms with Crippen molar-refractivity contribution >= 4 is 17.4 Å². The molecule has 1 aromatic heterocycles. The number of aromatic nitrogens is 2. The number of unbranched alkanes of at least 4 members (excludes halogenated alkanes) is 2. The molecule has 0 saturated carbocycles. The molecule has 20 heavy (non-hydrogen) atoms. The summed E-state index contributed by atoms with van der Waals surface area (Å²) < 4.78 is 0. The number of hydrogen-bond acceptors (Lipinski definition) is 3. The van der Waals surface area contributed by atoms with Crippen molar-refractivity contribution in [2.75, 3.05) is 18.5 Å². The summed E-state index contributed by atoms with van der Waals surface area (Å²) in [5.74, 6) is 1.55. The van der Waals surface area contributed by atoms with Gasteiger partial charge in [0.05, 0.1) is 0 Å². The normalized spacial score (nSPS) is 10.6.